The Kier molecular flexibility index (Phi) is 6.37. The van der Waals surface area contributed by atoms with Gasteiger partial charge in [-0.15, -0.1) is 0 Å². The summed E-state index contributed by atoms with van der Waals surface area (Å²) in [7, 11) is 0. The molecular weight excluding hydrogens is 228 g/mol. The van der Waals surface area contributed by atoms with Gasteiger partial charge in [0.05, 0.1) is 0 Å². The normalized spacial score (nSPS) is 13.2. The molecule has 2 amide bonds. The number of carbonyl (C=O) groups is 2. The quantitative estimate of drug-likeness (QED) is 0.735. The van der Waals surface area contributed by atoms with E-state index in [1.54, 1.807) is 13.0 Å². The zero-order valence-corrected chi connectivity index (χ0v) is 12.0. The van der Waals surface area contributed by atoms with Crippen molar-refractivity contribution >= 4 is 11.8 Å². The molecular formula is C14H24N2O2. The van der Waals surface area contributed by atoms with Crippen molar-refractivity contribution in [3.63, 3.8) is 0 Å². The molecule has 0 aromatic rings. The maximum absolute atomic E-state index is 11.5. The van der Waals surface area contributed by atoms with Crippen LogP contribution in [0.5, 0.6) is 0 Å². The molecule has 0 aliphatic rings. The molecule has 0 aromatic heterocycles. The lowest BCUT2D eigenvalue weighted by Crippen LogP contribution is -2.39. The molecule has 0 saturated carbocycles. The van der Waals surface area contributed by atoms with Crippen LogP contribution in [-0.4, -0.2) is 23.4 Å². The fraction of sp³-hybridized carbons (Fsp3) is 0.571. The number of nitrogens with one attached hydrogen (secondary N) is 2. The summed E-state index contributed by atoms with van der Waals surface area (Å²) in [5, 5.41) is 5.60. The molecule has 4 nitrogen and oxygen atoms in total. The minimum atomic E-state index is -0.235. The maximum Gasteiger partial charge on any atom is 0.246 e. The minimum Gasteiger partial charge on any atom is -0.350 e. The van der Waals surface area contributed by atoms with Crippen molar-refractivity contribution in [1.29, 1.82) is 0 Å². The van der Waals surface area contributed by atoms with E-state index >= 15 is 0 Å². The molecule has 0 saturated heterocycles. The predicted octanol–water partition coefficient (Wildman–Crippen LogP) is 1.93. The molecule has 102 valence electrons. The Morgan fingerprint density at radius 1 is 1.33 bits per heavy atom. The summed E-state index contributed by atoms with van der Waals surface area (Å²) in [4.78, 5) is 22.8. The van der Waals surface area contributed by atoms with Crippen molar-refractivity contribution < 1.29 is 9.59 Å². The average Bonchev–Trinajstić information content (AvgIpc) is 2.14. The first kappa shape index (κ1) is 16.4. The summed E-state index contributed by atoms with van der Waals surface area (Å²) in [6.07, 6.45) is 3.86. The highest BCUT2D eigenvalue weighted by Gasteiger charge is 2.11. The van der Waals surface area contributed by atoms with Crippen LogP contribution in [0.1, 0.15) is 41.0 Å². The van der Waals surface area contributed by atoms with Gasteiger partial charge < -0.3 is 10.6 Å². The highest BCUT2D eigenvalue weighted by atomic mass is 16.2. The Balaban J connectivity index is 4.05. The van der Waals surface area contributed by atoms with E-state index in [0.29, 0.717) is 12.0 Å². The van der Waals surface area contributed by atoms with Crippen molar-refractivity contribution in [2.45, 2.75) is 52.6 Å². The van der Waals surface area contributed by atoms with Crippen molar-refractivity contribution in [3.05, 3.63) is 24.3 Å². The van der Waals surface area contributed by atoms with Crippen molar-refractivity contribution in [3.8, 4) is 0 Å². The Bertz CT molecular complexity index is 351. The zero-order valence-electron chi connectivity index (χ0n) is 12.0. The summed E-state index contributed by atoms with van der Waals surface area (Å²) >= 11 is 0. The van der Waals surface area contributed by atoms with Crippen LogP contribution in [0.4, 0.5) is 0 Å². The third-order valence-corrected chi connectivity index (χ3v) is 2.02. The lowest BCUT2D eigenvalue weighted by Gasteiger charge is -2.19. The number of hydrogen-bond donors (Lipinski definition) is 2. The van der Waals surface area contributed by atoms with Crippen LogP contribution in [0.2, 0.25) is 0 Å². The lowest BCUT2D eigenvalue weighted by molar-refractivity contribution is -0.118. The van der Waals surface area contributed by atoms with Crippen LogP contribution in [0, 0.1) is 0 Å². The Morgan fingerprint density at radius 3 is 2.33 bits per heavy atom. The van der Waals surface area contributed by atoms with E-state index < -0.39 is 0 Å². The third-order valence-electron chi connectivity index (χ3n) is 2.02. The molecule has 1 unspecified atom stereocenters. The van der Waals surface area contributed by atoms with Gasteiger partial charge in [0.2, 0.25) is 11.8 Å². The van der Waals surface area contributed by atoms with Crippen LogP contribution >= 0.6 is 0 Å². The van der Waals surface area contributed by atoms with Gasteiger partial charge in [-0.1, -0.05) is 12.7 Å². The molecule has 0 fully saturated rings. The molecule has 0 rings (SSSR count). The van der Waals surface area contributed by atoms with E-state index in [1.807, 2.05) is 27.7 Å². The molecule has 0 aromatic carbocycles. The van der Waals surface area contributed by atoms with Crippen molar-refractivity contribution in [2.24, 2.45) is 0 Å². The van der Waals surface area contributed by atoms with E-state index in [4.69, 9.17) is 0 Å². The van der Waals surface area contributed by atoms with E-state index in [1.165, 1.54) is 6.08 Å². The van der Waals surface area contributed by atoms with Crippen LogP contribution in [-0.2, 0) is 9.59 Å². The Labute approximate surface area is 110 Å². The number of amides is 2. The highest BCUT2D eigenvalue weighted by molar-refractivity contribution is 5.92. The van der Waals surface area contributed by atoms with E-state index in [-0.39, 0.29) is 23.4 Å². The second-order valence-corrected chi connectivity index (χ2v) is 5.53. The second kappa shape index (κ2) is 6.99. The molecule has 0 spiro atoms. The molecule has 1 atom stereocenters. The summed E-state index contributed by atoms with van der Waals surface area (Å²) in [5.41, 5.74) is 0.248. The van der Waals surface area contributed by atoms with Gasteiger partial charge in [-0.25, -0.2) is 0 Å². The molecule has 0 radical (unpaired) electrons. The molecule has 0 aliphatic carbocycles. The number of carbonyl (C=O) groups excluding carboxylic acids is 2. The monoisotopic (exact) mass is 252 g/mol. The molecule has 18 heavy (non-hydrogen) atoms. The Hall–Kier alpha value is -1.58. The first-order valence-electron chi connectivity index (χ1n) is 6.07. The molecule has 0 heterocycles. The summed E-state index contributed by atoms with van der Waals surface area (Å²) in [6, 6.07) is -0.0205. The number of hydrogen-bond acceptors (Lipinski definition) is 2. The van der Waals surface area contributed by atoms with E-state index in [2.05, 4.69) is 17.2 Å². The van der Waals surface area contributed by atoms with Gasteiger partial charge in [0.15, 0.2) is 0 Å². The van der Waals surface area contributed by atoms with Crippen LogP contribution in [0.3, 0.4) is 0 Å². The van der Waals surface area contributed by atoms with Crippen LogP contribution in [0.15, 0.2) is 24.3 Å². The van der Waals surface area contributed by atoms with Gasteiger partial charge in [-0.3, -0.25) is 9.59 Å². The summed E-state index contributed by atoms with van der Waals surface area (Å²) in [5.74, 6) is -0.282. The average molecular weight is 252 g/mol. The lowest BCUT2D eigenvalue weighted by atomic mass is 10.1. The Morgan fingerprint density at radius 2 is 1.89 bits per heavy atom. The smallest absolute Gasteiger partial charge is 0.246 e. The van der Waals surface area contributed by atoms with Gasteiger partial charge in [0.1, 0.15) is 0 Å². The fourth-order valence-corrected chi connectivity index (χ4v) is 1.20. The molecule has 0 bridgehead atoms. The van der Waals surface area contributed by atoms with Gasteiger partial charge in [0, 0.05) is 17.2 Å². The molecule has 2 N–H and O–H groups in total. The van der Waals surface area contributed by atoms with Gasteiger partial charge in [-0.2, -0.15) is 0 Å². The largest absolute Gasteiger partial charge is 0.350 e. The summed E-state index contributed by atoms with van der Waals surface area (Å²) < 4.78 is 0. The maximum atomic E-state index is 11.5. The first-order chi connectivity index (χ1) is 8.11. The van der Waals surface area contributed by atoms with Gasteiger partial charge in [0.25, 0.3) is 0 Å². The predicted molar refractivity (Wildman–Crippen MR) is 74.1 cm³/mol. The van der Waals surface area contributed by atoms with E-state index in [9.17, 15) is 9.59 Å². The van der Waals surface area contributed by atoms with Gasteiger partial charge >= 0.3 is 0 Å². The molecule has 0 aliphatic heterocycles. The summed E-state index contributed by atoms with van der Waals surface area (Å²) in [6.45, 7) is 12.9. The highest BCUT2D eigenvalue weighted by Crippen LogP contribution is 1.99. The van der Waals surface area contributed by atoms with Crippen LogP contribution in [0.25, 0.3) is 0 Å². The van der Waals surface area contributed by atoms with Crippen molar-refractivity contribution in [1.82, 2.24) is 10.6 Å². The minimum absolute atomic E-state index is 0.0205. The fourth-order valence-electron chi connectivity index (χ4n) is 1.20. The molecule has 4 heteroatoms. The second-order valence-electron chi connectivity index (χ2n) is 5.53. The van der Waals surface area contributed by atoms with Gasteiger partial charge in [-0.05, 0) is 47.1 Å². The first-order valence-corrected chi connectivity index (χ1v) is 6.07. The standard InChI is InChI=1S/C14H24N2O2/c1-10(2)13(18)15-11(3)8-7-9-12(17)16-14(4,5)6/h7,9,11H,1,8H2,2-6H3,(H,15,18)(H,16,17)/b9-7-. The van der Waals surface area contributed by atoms with Crippen molar-refractivity contribution in [2.75, 3.05) is 0 Å². The SMILES string of the molecule is C=C(C)C(=O)NC(C)C/C=C\C(=O)NC(C)(C)C. The zero-order chi connectivity index (χ0) is 14.3. The topological polar surface area (TPSA) is 58.2 Å². The number of rotatable bonds is 5. The van der Waals surface area contributed by atoms with Crippen LogP contribution < -0.4 is 10.6 Å². The third kappa shape index (κ3) is 8.56. The van der Waals surface area contributed by atoms with E-state index in [0.717, 1.165) is 0 Å².